The number of imide groups is 1. The molecule has 0 radical (unpaired) electrons. The van der Waals surface area contributed by atoms with Gasteiger partial charge in [0.25, 0.3) is 11.8 Å². The van der Waals surface area contributed by atoms with Crippen molar-refractivity contribution in [1.29, 1.82) is 0 Å². The Balaban J connectivity index is 1.45. The number of hydrogen-bond donors (Lipinski definition) is 1. The third-order valence-corrected chi connectivity index (χ3v) is 5.72. The zero-order valence-corrected chi connectivity index (χ0v) is 18.7. The van der Waals surface area contributed by atoms with Crippen molar-refractivity contribution in [1.82, 2.24) is 9.88 Å². The van der Waals surface area contributed by atoms with Crippen LogP contribution >= 0.6 is 15.9 Å². The summed E-state index contributed by atoms with van der Waals surface area (Å²) in [5.74, 6) is -0.958. The lowest BCUT2D eigenvalue weighted by Gasteiger charge is -2.24. The van der Waals surface area contributed by atoms with Gasteiger partial charge in [0.1, 0.15) is 5.75 Å². The number of amides is 3. The number of aromatic nitrogens is 1. The minimum absolute atomic E-state index is 0.0114. The molecule has 8 heteroatoms. The molecule has 3 amide bonds. The first-order chi connectivity index (χ1) is 15.5. The molecular weight excluding hydrogens is 474 g/mol. The molecule has 0 saturated heterocycles. The van der Waals surface area contributed by atoms with E-state index in [-0.39, 0.29) is 43.0 Å². The van der Waals surface area contributed by atoms with Gasteiger partial charge >= 0.3 is 0 Å². The van der Waals surface area contributed by atoms with E-state index in [2.05, 4.69) is 20.9 Å². The van der Waals surface area contributed by atoms with Crippen LogP contribution in [0.2, 0.25) is 0 Å². The van der Waals surface area contributed by atoms with E-state index in [1.165, 1.54) is 15.9 Å². The van der Waals surface area contributed by atoms with Crippen LogP contribution in [0.4, 0.5) is 5.69 Å². The highest BCUT2D eigenvalue weighted by molar-refractivity contribution is 9.10. The summed E-state index contributed by atoms with van der Waals surface area (Å²) in [6, 6.07) is 17.0. The number of pyridine rings is 1. The van der Waals surface area contributed by atoms with E-state index in [4.69, 9.17) is 0 Å². The summed E-state index contributed by atoms with van der Waals surface area (Å²) in [4.78, 5) is 45.2. The lowest BCUT2D eigenvalue weighted by atomic mass is 10.1. The summed E-state index contributed by atoms with van der Waals surface area (Å²) in [6.07, 6.45) is 2.04. The molecule has 162 valence electrons. The molecule has 0 atom stereocenters. The summed E-state index contributed by atoms with van der Waals surface area (Å²) in [5, 5.41) is 10.3. The Bertz CT molecular complexity index is 1180. The Morgan fingerprint density at radius 3 is 2.50 bits per heavy atom. The number of halogens is 1. The molecule has 1 aliphatic heterocycles. The molecule has 0 saturated carbocycles. The van der Waals surface area contributed by atoms with E-state index in [1.807, 2.05) is 6.07 Å². The van der Waals surface area contributed by atoms with Gasteiger partial charge in [0.05, 0.1) is 29.1 Å². The molecule has 2 aromatic carbocycles. The number of rotatable bonds is 7. The Kier molecular flexibility index (Phi) is 6.32. The van der Waals surface area contributed by atoms with Gasteiger partial charge in [-0.15, -0.1) is 0 Å². The van der Waals surface area contributed by atoms with E-state index >= 15 is 0 Å². The number of hydrogen-bond acceptors (Lipinski definition) is 5. The summed E-state index contributed by atoms with van der Waals surface area (Å²) in [6.45, 7) is 0.326. The minimum atomic E-state index is -0.357. The molecule has 2 heterocycles. The Labute approximate surface area is 193 Å². The van der Waals surface area contributed by atoms with Crippen LogP contribution in [0.3, 0.4) is 0 Å². The number of para-hydroxylation sites is 2. The highest BCUT2D eigenvalue weighted by Gasteiger charge is 2.35. The van der Waals surface area contributed by atoms with Gasteiger partial charge in [-0.25, -0.2) is 0 Å². The van der Waals surface area contributed by atoms with Crippen LogP contribution in [0.25, 0.3) is 0 Å². The number of fused-ring (bicyclic) bond motifs is 1. The second-order valence-corrected chi connectivity index (χ2v) is 8.26. The third-order valence-electron chi connectivity index (χ3n) is 5.22. The van der Waals surface area contributed by atoms with Gasteiger partial charge in [-0.05, 0) is 48.9 Å². The number of carbonyl (C=O) groups is 3. The minimum Gasteiger partial charge on any atom is -0.506 e. The molecule has 7 nitrogen and oxygen atoms in total. The van der Waals surface area contributed by atoms with Gasteiger partial charge in [0.2, 0.25) is 5.91 Å². The van der Waals surface area contributed by atoms with Crippen molar-refractivity contribution in [3.63, 3.8) is 0 Å². The topological polar surface area (TPSA) is 90.8 Å². The predicted molar refractivity (Wildman–Crippen MR) is 122 cm³/mol. The van der Waals surface area contributed by atoms with E-state index in [9.17, 15) is 19.5 Å². The Morgan fingerprint density at radius 2 is 1.75 bits per heavy atom. The zero-order valence-electron chi connectivity index (χ0n) is 17.1. The molecule has 0 spiro atoms. The van der Waals surface area contributed by atoms with Crippen LogP contribution in [-0.4, -0.2) is 39.3 Å². The fourth-order valence-corrected chi connectivity index (χ4v) is 4.00. The second-order valence-electron chi connectivity index (χ2n) is 7.35. The first-order valence-electron chi connectivity index (χ1n) is 10.1. The van der Waals surface area contributed by atoms with Crippen LogP contribution in [-0.2, 0) is 11.3 Å². The van der Waals surface area contributed by atoms with Crippen molar-refractivity contribution in [2.75, 3.05) is 11.4 Å². The first kappa shape index (κ1) is 21.7. The number of phenols is 1. The number of nitrogens with zero attached hydrogens (tertiary/aromatic N) is 3. The first-order valence-corrected chi connectivity index (χ1v) is 10.9. The van der Waals surface area contributed by atoms with Crippen molar-refractivity contribution < 1.29 is 19.5 Å². The van der Waals surface area contributed by atoms with Crippen LogP contribution in [0, 0.1) is 0 Å². The van der Waals surface area contributed by atoms with Gasteiger partial charge in [0.15, 0.2) is 0 Å². The third kappa shape index (κ3) is 4.40. The standard InChI is InChI=1S/C24H20BrN3O4/c25-16-10-11-18-19(14-16)24(32)27(23(18)31)13-5-9-22(30)28(15-17-6-3-4-12-26-17)20-7-1-2-8-21(20)29/h1-4,6-8,10-12,14,29H,5,9,13,15H2. The van der Waals surface area contributed by atoms with E-state index in [0.717, 1.165) is 4.47 Å². The molecule has 0 bridgehead atoms. The molecule has 32 heavy (non-hydrogen) atoms. The lowest BCUT2D eigenvalue weighted by molar-refractivity contribution is -0.118. The fraction of sp³-hybridized carbons (Fsp3) is 0.167. The van der Waals surface area contributed by atoms with E-state index < -0.39 is 0 Å². The van der Waals surface area contributed by atoms with Crippen LogP contribution < -0.4 is 4.90 Å². The molecule has 0 unspecified atom stereocenters. The molecule has 1 N–H and O–H groups in total. The Hall–Kier alpha value is -3.52. The largest absolute Gasteiger partial charge is 0.506 e. The van der Waals surface area contributed by atoms with Crippen molar-refractivity contribution in [3.05, 3.63) is 88.2 Å². The molecule has 0 fully saturated rings. The van der Waals surface area contributed by atoms with E-state index in [1.54, 1.807) is 54.7 Å². The van der Waals surface area contributed by atoms with Crippen LogP contribution in [0.1, 0.15) is 39.3 Å². The second kappa shape index (κ2) is 9.32. The van der Waals surface area contributed by atoms with Gasteiger partial charge < -0.3 is 10.0 Å². The monoisotopic (exact) mass is 493 g/mol. The van der Waals surface area contributed by atoms with Gasteiger partial charge in [0, 0.05) is 23.6 Å². The maximum absolute atomic E-state index is 13.1. The molecule has 4 rings (SSSR count). The molecular formula is C24H20BrN3O4. The SMILES string of the molecule is O=C1c2ccc(Br)cc2C(=O)N1CCCC(=O)N(Cc1ccccn1)c1ccccc1O. The fourth-order valence-electron chi connectivity index (χ4n) is 3.64. The normalized spacial score (nSPS) is 12.7. The average molecular weight is 494 g/mol. The quantitative estimate of drug-likeness (QED) is 0.499. The average Bonchev–Trinajstić information content (AvgIpc) is 3.03. The summed E-state index contributed by atoms with van der Waals surface area (Å²) in [5.41, 5.74) is 1.79. The maximum Gasteiger partial charge on any atom is 0.261 e. The number of anilines is 1. The number of carbonyl (C=O) groups excluding carboxylic acids is 3. The predicted octanol–water partition coefficient (Wildman–Crippen LogP) is 4.16. The maximum atomic E-state index is 13.1. The van der Waals surface area contributed by atoms with E-state index in [0.29, 0.717) is 28.9 Å². The number of aromatic hydroxyl groups is 1. The summed E-state index contributed by atoms with van der Waals surface area (Å²) >= 11 is 3.32. The summed E-state index contributed by atoms with van der Waals surface area (Å²) in [7, 11) is 0. The number of benzene rings is 2. The van der Waals surface area contributed by atoms with Gasteiger partial charge in [-0.2, -0.15) is 0 Å². The van der Waals surface area contributed by atoms with Gasteiger partial charge in [-0.3, -0.25) is 24.3 Å². The molecule has 0 aliphatic carbocycles. The van der Waals surface area contributed by atoms with Crippen molar-refractivity contribution >= 4 is 39.3 Å². The number of phenolic OH excluding ortho intramolecular Hbond substituents is 1. The lowest BCUT2D eigenvalue weighted by Crippen LogP contribution is -2.34. The van der Waals surface area contributed by atoms with Crippen LogP contribution in [0.5, 0.6) is 5.75 Å². The Morgan fingerprint density at radius 1 is 1.00 bits per heavy atom. The van der Waals surface area contributed by atoms with Crippen molar-refractivity contribution in [2.24, 2.45) is 0 Å². The smallest absolute Gasteiger partial charge is 0.261 e. The molecule has 1 aromatic heterocycles. The highest BCUT2D eigenvalue weighted by atomic mass is 79.9. The zero-order chi connectivity index (χ0) is 22.7. The van der Waals surface area contributed by atoms with Crippen molar-refractivity contribution in [3.8, 4) is 5.75 Å². The van der Waals surface area contributed by atoms with Gasteiger partial charge in [-0.1, -0.05) is 34.1 Å². The molecule has 1 aliphatic rings. The molecule has 3 aromatic rings. The summed E-state index contributed by atoms with van der Waals surface area (Å²) < 4.78 is 0.724. The van der Waals surface area contributed by atoms with Crippen molar-refractivity contribution in [2.45, 2.75) is 19.4 Å². The van der Waals surface area contributed by atoms with Crippen LogP contribution in [0.15, 0.2) is 71.3 Å². The highest BCUT2D eigenvalue weighted by Crippen LogP contribution is 2.29.